The van der Waals surface area contributed by atoms with E-state index in [1.54, 1.807) is 6.07 Å². The van der Waals surface area contributed by atoms with E-state index in [0.717, 1.165) is 50.6 Å². The molecule has 1 fully saturated rings. The Morgan fingerprint density at radius 2 is 1.83 bits per heavy atom. The van der Waals surface area contributed by atoms with Crippen LogP contribution in [-0.2, 0) is 13.0 Å². The predicted octanol–water partition coefficient (Wildman–Crippen LogP) is 4.06. The molecule has 2 heterocycles. The molecule has 2 aliphatic rings. The van der Waals surface area contributed by atoms with Gasteiger partial charge in [0.15, 0.2) is 5.82 Å². The molecule has 4 rings (SSSR count). The number of anilines is 1. The largest absolute Gasteiger partial charge is 0.348 e. The third kappa shape index (κ3) is 4.49. The highest BCUT2D eigenvalue weighted by Gasteiger charge is 2.28. The second kappa shape index (κ2) is 8.76. The second-order valence-corrected chi connectivity index (χ2v) is 7.97. The van der Waals surface area contributed by atoms with Gasteiger partial charge in [-0.1, -0.05) is 31.7 Å². The van der Waals surface area contributed by atoms with E-state index in [4.69, 9.17) is 0 Å². The lowest BCUT2D eigenvalue weighted by atomic mass is 10.1. The summed E-state index contributed by atoms with van der Waals surface area (Å²) in [7, 11) is 0. The third-order valence-corrected chi connectivity index (χ3v) is 5.81. The van der Waals surface area contributed by atoms with E-state index in [1.165, 1.54) is 31.0 Å². The zero-order valence-corrected chi connectivity index (χ0v) is 16.5. The third-order valence-electron chi connectivity index (χ3n) is 5.81. The molecule has 7 heteroatoms. The number of rotatable bonds is 4. The van der Waals surface area contributed by atoms with E-state index in [1.807, 2.05) is 4.57 Å². The highest BCUT2D eigenvalue weighted by molar-refractivity contribution is 6.03. The number of carbonyl (C=O) groups excluding carboxylic acids is 2. The lowest BCUT2D eigenvalue weighted by molar-refractivity contribution is 0.0927. The fraction of sp³-hybridized carbons (Fsp3) is 0.500. The van der Waals surface area contributed by atoms with Gasteiger partial charge >= 0.3 is 0 Å². The van der Waals surface area contributed by atoms with E-state index in [2.05, 4.69) is 15.6 Å². The van der Waals surface area contributed by atoms with Crippen LogP contribution in [0.25, 0.3) is 0 Å². The van der Waals surface area contributed by atoms with E-state index in [9.17, 15) is 14.0 Å². The monoisotopic (exact) mass is 398 g/mol. The fourth-order valence-electron chi connectivity index (χ4n) is 4.33. The van der Waals surface area contributed by atoms with E-state index < -0.39 is 11.7 Å². The Bertz CT molecular complexity index is 900. The SMILES string of the molecule is O=C(NC1CCCCCC1)c1nc(C(=O)Nc2cccc(F)c2)n2c1CCCC2. The Balaban J connectivity index is 1.56. The van der Waals surface area contributed by atoms with E-state index in [0.29, 0.717) is 17.9 Å². The number of aromatic nitrogens is 2. The summed E-state index contributed by atoms with van der Waals surface area (Å²) in [6, 6.07) is 5.93. The highest BCUT2D eigenvalue weighted by Crippen LogP contribution is 2.23. The minimum Gasteiger partial charge on any atom is -0.348 e. The van der Waals surface area contributed by atoms with Gasteiger partial charge < -0.3 is 15.2 Å². The van der Waals surface area contributed by atoms with Crippen LogP contribution < -0.4 is 10.6 Å². The maximum Gasteiger partial charge on any atom is 0.291 e. The fourth-order valence-corrected chi connectivity index (χ4v) is 4.33. The quantitative estimate of drug-likeness (QED) is 0.763. The number of hydrogen-bond donors (Lipinski definition) is 2. The summed E-state index contributed by atoms with van der Waals surface area (Å²) < 4.78 is 15.3. The number of nitrogens with zero attached hydrogens (tertiary/aromatic N) is 2. The number of nitrogens with one attached hydrogen (secondary N) is 2. The molecule has 1 aromatic carbocycles. The van der Waals surface area contributed by atoms with Gasteiger partial charge in [-0.25, -0.2) is 9.37 Å². The summed E-state index contributed by atoms with van der Waals surface area (Å²) in [5.41, 5.74) is 1.55. The molecule has 0 unspecified atom stereocenters. The summed E-state index contributed by atoms with van der Waals surface area (Å²) >= 11 is 0. The van der Waals surface area contributed by atoms with Crippen molar-refractivity contribution in [1.82, 2.24) is 14.9 Å². The van der Waals surface area contributed by atoms with Gasteiger partial charge in [-0.15, -0.1) is 0 Å². The van der Waals surface area contributed by atoms with Crippen molar-refractivity contribution in [3.8, 4) is 0 Å². The molecule has 0 radical (unpaired) electrons. The maximum atomic E-state index is 13.4. The van der Waals surface area contributed by atoms with Gasteiger partial charge in [-0.3, -0.25) is 9.59 Å². The molecule has 0 spiro atoms. The topological polar surface area (TPSA) is 76.0 Å². The van der Waals surface area contributed by atoms with Crippen molar-refractivity contribution < 1.29 is 14.0 Å². The molecule has 154 valence electrons. The summed E-state index contributed by atoms with van der Waals surface area (Å²) in [5, 5.41) is 5.84. The Hall–Kier alpha value is -2.70. The molecule has 1 aliphatic heterocycles. The maximum absolute atomic E-state index is 13.4. The van der Waals surface area contributed by atoms with Crippen LogP contribution >= 0.6 is 0 Å². The van der Waals surface area contributed by atoms with Crippen LogP contribution in [-0.4, -0.2) is 27.4 Å². The van der Waals surface area contributed by atoms with Crippen LogP contribution in [0.3, 0.4) is 0 Å². The number of hydrogen-bond acceptors (Lipinski definition) is 3. The summed E-state index contributed by atoms with van der Waals surface area (Å²) in [6.45, 7) is 0.658. The van der Waals surface area contributed by atoms with Crippen molar-refractivity contribution in [3.63, 3.8) is 0 Å². The van der Waals surface area contributed by atoms with Gasteiger partial charge in [0.25, 0.3) is 11.8 Å². The van der Waals surface area contributed by atoms with Gasteiger partial charge in [0.2, 0.25) is 0 Å². The molecule has 2 amide bonds. The first-order chi connectivity index (χ1) is 14.1. The van der Waals surface area contributed by atoms with Crippen molar-refractivity contribution in [1.29, 1.82) is 0 Å². The van der Waals surface area contributed by atoms with Crippen molar-refractivity contribution in [2.45, 2.75) is 70.4 Å². The number of fused-ring (bicyclic) bond motifs is 1. The molecule has 0 atom stereocenters. The molecule has 1 aromatic heterocycles. The minimum atomic E-state index is -0.424. The summed E-state index contributed by atoms with van der Waals surface area (Å²) in [5.74, 6) is -0.814. The number of imidazole rings is 1. The van der Waals surface area contributed by atoms with Crippen molar-refractivity contribution in [3.05, 3.63) is 47.3 Å². The Kier molecular flexibility index (Phi) is 5.92. The van der Waals surface area contributed by atoms with Gasteiger partial charge in [-0.2, -0.15) is 0 Å². The second-order valence-electron chi connectivity index (χ2n) is 7.97. The average Bonchev–Trinajstić information content (AvgIpc) is 2.91. The molecule has 6 nitrogen and oxygen atoms in total. The Morgan fingerprint density at radius 3 is 2.59 bits per heavy atom. The molecule has 1 aliphatic carbocycles. The lowest BCUT2D eigenvalue weighted by Crippen LogP contribution is -2.35. The van der Waals surface area contributed by atoms with Gasteiger partial charge in [0.1, 0.15) is 11.5 Å². The molecule has 2 N–H and O–H groups in total. The molecular formula is C22H27FN4O2. The number of benzene rings is 1. The molecular weight excluding hydrogens is 371 g/mol. The van der Waals surface area contributed by atoms with E-state index >= 15 is 0 Å². The van der Waals surface area contributed by atoms with E-state index in [-0.39, 0.29) is 17.8 Å². The van der Waals surface area contributed by atoms with Gasteiger partial charge in [-0.05, 0) is 50.3 Å². The van der Waals surface area contributed by atoms with Crippen LogP contribution in [0, 0.1) is 5.82 Å². The number of amides is 2. The van der Waals surface area contributed by atoms with Crippen LogP contribution in [0.5, 0.6) is 0 Å². The van der Waals surface area contributed by atoms with Crippen LogP contribution in [0.1, 0.15) is 78.2 Å². The Labute approximate surface area is 169 Å². The molecule has 29 heavy (non-hydrogen) atoms. The first-order valence-corrected chi connectivity index (χ1v) is 10.6. The van der Waals surface area contributed by atoms with Crippen molar-refractivity contribution >= 4 is 17.5 Å². The first kappa shape index (κ1) is 19.6. The van der Waals surface area contributed by atoms with Crippen LogP contribution in [0.2, 0.25) is 0 Å². The molecule has 0 saturated heterocycles. The normalized spacial score (nSPS) is 17.3. The molecule has 2 aromatic rings. The smallest absolute Gasteiger partial charge is 0.291 e. The Morgan fingerprint density at radius 1 is 1.03 bits per heavy atom. The average molecular weight is 398 g/mol. The minimum absolute atomic E-state index is 0.176. The standard InChI is InChI=1S/C22H27FN4O2/c23-15-8-7-11-17(14-15)25-22(29)20-26-19(18-12-5-6-13-27(18)20)21(28)24-16-9-3-1-2-4-10-16/h7-8,11,14,16H,1-6,9-10,12-13H2,(H,24,28)(H,25,29). The number of carbonyl (C=O) groups is 2. The lowest BCUT2D eigenvalue weighted by Gasteiger charge is -2.18. The van der Waals surface area contributed by atoms with Gasteiger partial charge in [0, 0.05) is 18.3 Å². The highest BCUT2D eigenvalue weighted by atomic mass is 19.1. The van der Waals surface area contributed by atoms with Crippen molar-refractivity contribution in [2.24, 2.45) is 0 Å². The molecule has 1 saturated carbocycles. The van der Waals surface area contributed by atoms with Crippen molar-refractivity contribution in [2.75, 3.05) is 5.32 Å². The van der Waals surface area contributed by atoms with Crippen LogP contribution in [0.4, 0.5) is 10.1 Å². The predicted molar refractivity (Wildman–Crippen MR) is 108 cm³/mol. The van der Waals surface area contributed by atoms with Crippen LogP contribution in [0.15, 0.2) is 24.3 Å². The van der Waals surface area contributed by atoms with Gasteiger partial charge in [0.05, 0.1) is 5.69 Å². The zero-order chi connectivity index (χ0) is 20.2. The summed E-state index contributed by atoms with van der Waals surface area (Å²) in [4.78, 5) is 30.2. The molecule has 0 bridgehead atoms. The summed E-state index contributed by atoms with van der Waals surface area (Å²) in [6.07, 6.45) is 9.33. The first-order valence-electron chi connectivity index (χ1n) is 10.6. The zero-order valence-electron chi connectivity index (χ0n) is 16.5. The number of halogens is 1.